The van der Waals surface area contributed by atoms with Gasteiger partial charge in [-0.1, -0.05) is 0 Å². The third-order valence-electron chi connectivity index (χ3n) is 6.99. The van der Waals surface area contributed by atoms with Crippen molar-refractivity contribution < 1.29 is 18.4 Å². The third kappa shape index (κ3) is 6.39. The molecule has 5 N–H and O–H groups in total. The molecule has 2 fully saturated rings. The van der Waals surface area contributed by atoms with Gasteiger partial charge in [-0.3, -0.25) is 10.1 Å². The highest BCUT2D eigenvalue weighted by molar-refractivity contribution is 7.13. The number of halogens is 2. The summed E-state index contributed by atoms with van der Waals surface area (Å²) in [6, 6.07) is 5.06. The number of thiazole rings is 1. The molecule has 1 atom stereocenters. The van der Waals surface area contributed by atoms with Crippen LogP contribution in [-0.4, -0.2) is 79.2 Å². The summed E-state index contributed by atoms with van der Waals surface area (Å²) in [5, 5.41) is 10.7. The van der Waals surface area contributed by atoms with E-state index in [1.807, 2.05) is 11.9 Å². The summed E-state index contributed by atoms with van der Waals surface area (Å²) in [6.45, 7) is 3.92. The molecule has 3 amide bonds. The van der Waals surface area contributed by atoms with Crippen molar-refractivity contribution >= 4 is 51.4 Å². The van der Waals surface area contributed by atoms with Crippen LogP contribution < -0.4 is 31.5 Å². The maximum absolute atomic E-state index is 15.2. The minimum absolute atomic E-state index is 0.00820. The van der Waals surface area contributed by atoms with Gasteiger partial charge in [-0.25, -0.2) is 23.5 Å². The van der Waals surface area contributed by atoms with Gasteiger partial charge in [0.1, 0.15) is 11.6 Å². The molecular weight excluding hydrogens is 540 g/mol. The average Bonchev–Trinajstić information content (AvgIpc) is 3.43. The van der Waals surface area contributed by atoms with E-state index in [2.05, 4.69) is 30.8 Å². The van der Waals surface area contributed by atoms with E-state index in [9.17, 15) is 9.59 Å². The summed E-state index contributed by atoms with van der Waals surface area (Å²) in [4.78, 5) is 38.8. The lowest BCUT2D eigenvalue weighted by Gasteiger charge is -2.34. The molecule has 212 valence electrons. The van der Waals surface area contributed by atoms with Crippen LogP contribution in [0.1, 0.15) is 23.2 Å². The lowest BCUT2D eigenvalue weighted by molar-refractivity contribution is 0.100. The number of carbonyl (C=O) groups is 2. The van der Waals surface area contributed by atoms with Gasteiger partial charge in [0.25, 0.3) is 5.91 Å². The van der Waals surface area contributed by atoms with Crippen molar-refractivity contribution in [3.8, 4) is 0 Å². The Hall–Kier alpha value is -4.04. The van der Waals surface area contributed by atoms with E-state index in [4.69, 9.17) is 5.73 Å². The summed E-state index contributed by atoms with van der Waals surface area (Å²) >= 11 is 1.30. The van der Waals surface area contributed by atoms with Crippen molar-refractivity contribution in [3.05, 3.63) is 53.0 Å². The number of aromatic nitrogens is 2. The molecule has 1 aromatic carbocycles. The smallest absolute Gasteiger partial charge is 0.321 e. The fourth-order valence-corrected chi connectivity index (χ4v) is 5.42. The van der Waals surface area contributed by atoms with Crippen molar-refractivity contribution in [2.24, 2.45) is 5.73 Å². The highest BCUT2D eigenvalue weighted by Crippen LogP contribution is 2.30. The molecule has 4 heterocycles. The van der Waals surface area contributed by atoms with Gasteiger partial charge < -0.3 is 31.1 Å². The number of nitrogens with two attached hydrogens (primary N) is 1. The highest BCUT2D eigenvalue weighted by Gasteiger charge is 2.27. The van der Waals surface area contributed by atoms with E-state index in [1.54, 1.807) is 28.6 Å². The van der Waals surface area contributed by atoms with Gasteiger partial charge in [0.2, 0.25) is 0 Å². The van der Waals surface area contributed by atoms with E-state index in [-0.39, 0.29) is 23.2 Å². The Balaban J connectivity index is 1.32. The number of pyridine rings is 1. The number of likely N-dealkylation sites (N-methyl/N-ethyl adjacent to an activating group) is 1. The second-order valence-corrected chi connectivity index (χ2v) is 10.8. The van der Waals surface area contributed by atoms with E-state index in [0.717, 1.165) is 19.2 Å². The van der Waals surface area contributed by atoms with E-state index < -0.39 is 23.6 Å². The molecule has 0 saturated carbocycles. The number of urea groups is 1. The number of nitrogens with zero attached hydrogens (tertiary/aromatic N) is 5. The Morgan fingerprint density at radius 2 is 1.88 bits per heavy atom. The number of piperazine rings is 1. The molecule has 2 saturated heterocycles. The van der Waals surface area contributed by atoms with Crippen LogP contribution in [0.2, 0.25) is 0 Å². The van der Waals surface area contributed by atoms with Crippen molar-refractivity contribution in [2.45, 2.75) is 18.9 Å². The van der Waals surface area contributed by atoms with Gasteiger partial charge >= 0.3 is 6.03 Å². The van der Waals surface area contributed by atoms with Crippen LogP contribution in [0.3, 0.4) is 0 Å². The zero-order chi connectivity index (χ0) is 28.2. The fraction of sp³-hybridized carbons (Fsp3) is 0.385. The Bertz CT molecular complexity index is 1370. The second kappa shape index (κ2) is 12.0. The molecular formula is C26H31F2N9O2S. The van der Waals surface area contributed by atoms with Crippen LogP contribution in [0, 0.1) is 11.6 Å². The number of amides is 3. The SMILES string of the molecule is CN1CCN(c2ccc(Nc3nc(N4CCC[C@@H](NC(=O)Nc5nccs5)C4)c(F)cc3C(N)=O)cc2F)CC1. The Labute approximate surface area is 234 Å². The minimum Gasteiger partial charge on any atom is -0.367 e. The normalized spacial score (nSPS) is 17.9. The highest BCUT2D eigenvalue weighted by atomic mass is 32.1. The molecule has 0 spiro atoms. The van der Waals surface area contributed by atoms with Crippen LogP contribution >= 0.6 is 11.3 Å². The molecule has 5 rings (SSSR count). The summed E-state index contributed by atoms with van der Waals surface area (Å²) in [5.74, 6) is -1.98. The van der Waals surface area contributed by atoms with E-state index in [1.165, 1.54) is 17.4 Å². The number of primary amides is 1. The lowest BCUT2D eigenvalue weighted by atomic mass is 10.1. The van der Waals surface area contributed by atoms with Crippen LogP contribution in [0.25, 0.3) is 0 Å². The third-order valence-corrected chi connectivity index (χ3v) is 7.67. The van der Waals surface area contributed by atoms with Crippen molar-refractivity contribution in [3.63, 3.8) is 0 Å². The minimum atomic E-state index is -0.868. The average molecular weight is 572 g/mol. The molecule has 2 aromatic heterocycles. The largest absolute Gasteiger partial charge is 0.367 e. The Kier molecular flexibility index (Phi) is 8.26. The summed E-state index contributed by atoms with van der Waals surface area (Å²) in [5.41, 5.74) is 6.20. The van der Waals surface area contributed by atoms with Crippen molar-refractivity contribution in [1.82, 2.24) is 20.2 Å². The van der Waals surface area contributed by atoms with Crippen molar-refractivity contribution in [1.29, 1.82) is 0 Å². The summed E-state index contributed by atoms with van der Waals surface area (Å²) in [7, 11) is 2.03. The van der Waals surface area contributed by atoms with Gasteiger partial charge in [0.15, 0.2) is 16.8 Å². The first kappa shape index (κ1) is 27.5. The molecule has 11 nitrogen and oxygen atoms in total. The molecule has 14 heteroatoms. The monoisotopic (exact) mass is 571 g/mol. The van der Waals surface area contributed by atoms with Crippen LogP contribution in [-0.2, 0) is 0 Å². The molecule has 40 heavy (non-hydrogen) atoms. The number of benzene rings is 1. The van der Waals surface area contributed by atoms with E-state index >= 15 is 8.78 Å². The van der Waals surface area contributed by atoms with Crippen LogP contribution in [0.5, 0.6) is 0 Å². The van der Waals surface area contributed by atoms with Gasteiger partial charge in [-0.2, -0.15) is 0 Å². The lowest BCUT2D eigenvalue weighted by Crippen LogP contribution is -2.49. The number of hydrogen-bond acceptors (Lipinski definition) is 9. The first-order chi connectivity index (χ1) is 19.3. The number of rotatable bonds is 7. The van der Waals surface area contributed by atoms with Crippen LogP contribution in [0.4, 0.5) is 41.7 Å². The van der Waals surface area contributed by atoms with Gasteiger partial charge in [0, 0.05) is 62.6 Å². The zero-order valence-electron chi connectivity index (χ0n) is 22.0. The summed E-state index contributed by atoms with van der Waals surface area (Å²) in [6.07, 6.45) is 2.98. The maximum Gasteiger partial charge on any atom is 0.321 e. The van der Waals surface area contributed by atoms with Gasteiger partial charge in [-0.15, -0.1) is 11.3 Å². The molecule has 2 aliphatic rings. The number of hydrogen-bond donors (Lipinski definition) is 4. The quantitative estimate of drug-likeness (QED) is 0.340. The Morgan fingerprint density at radius 3 is 2.58 bits per heavy atom. The number of nitrogens with one attached hydrogen (secondary N) is 3. The topological polar surface area (TPSA) is 132 Å². The second-order valence-electron chi connectivity index (χ2n) is 9.86. The molecule has 3 aromatic rings. The zero-order valence-corrected chi connectivity index (χ0v) is 22.8. The Morgan fingerprint density at radius 1 is 1.07 bits per heavy atom. The van der Waals surface area contributed by atoms with Crippen LogP contribution in [0.15, 0.2) is 35.8 Å². The summed E-state index contributed by atoms with van der Waals surface area (Å²) < 4.78 is 30.3. The predicted molar refractivity (Wildman–Crippen MR) is 152 cm³/mol. The molecule has 0 unspecified atom stereocenters. The molecule has 0 aliphatic carbocycles. The van der Waals surface area contributed by atoms with Gasteiger partial charge in [-0.05, 0) is 44.2 Å². The maximum atomic E-state index is 15.2. The fourth-order valence-electron chi connectivity index (χ4n) is 4.90. The molecule has 0 bridgehead atoms. The van der Waals surface area contributed by atoms with Crippen molar-refractivity contribution in [2.75, 3.05) is 66.7 Å². The first-order valence-electron chi connectivity index (χ1n) is 13.0. The number of anilines is 5. The standard InChI is InChI=1S/C26H31F2N9O2S/c1-35-8-10-36(11-9-35)21-5-4-16(13-19(21)27)31-23-18(22(29)38)14-20(28)24(33-23)37-7-2-3-17(15-37)32-25(39)34-26-30-6-12-40-26/h4-6,12-14,17H,2-3,7-11,15H2,1H3,(H2,29,38)(H,31,33)(H2,30,32,34,39)/t17-/m1/s1. The van der Waals surface area contributed by atoms with Gasteiger partial charge in [0.05, 0.1) is 11.3 Å². The van der Waals surface area contributed by atoms with E-state index in [0.29, 0.717) is 55.5 Å². The number of carbonyl (C=O) groups excluding carboxylic acids is 2. The first-order valence-corrected chi connectivity index (χ1v) is 13.9. The molecule has 2 aliphatic heterocycles. The molecule has 0 radical (unpaired) electrons. The predicted octanol–water partition coefficient (Wildman–Crippen LogP) is 3.20. The number of piperidine rings is 1.